The molecular formula is C6H8NO3S. The maximum atomic E-state index is 10.5. The van der Waals surface area contributed by atoms with Gasteiger partial charge in [0, 0.05) is 13.8 Å². The van der Waals surface area contributed by atoms with E-state index in [0.717, 1.165) is 0 Å². The Balaban J connectivity index is 0.00000121. The van der Waals surface area contributed by atoms with E-state index in [1.54, 1.807) is 6.20 Å². The molecule has 0 aromatic heterocycles. The zero-order valence-electron chi connectivity index (χ0n) is 6.56. The highest BCUT2D eigenvalue weighted by atomic mass is 32.2. The minimum absolute atomic E-state index is 0. The van der Waals surface area contributed by atoms with Crippen molar-refractivity contribution in [2.75, 3.05) is 0 Å². The Morgan fingerprint density at radius 3 is 2.82 bits per heavy atom. The third kappa shape index (κ3) is 2.21. The van der Waals surface area contributed by atoms with E-state index < -0.39 is 10.1 Å². The lowest BCUT2D eigenvalue weighted by Crippen LogP contribution is -1.99. The normalized spacial score (nSPS) is 17.0. The van der Waals surface area contributed by atoms with Crippen molar-refractivity contribution in [2.45, 2.75) is 0 Å². The van der Waals surface area contributed by atoms with Gasteiger partial charge in [-0.1, -0.05) is 0 Å². The lowest BCUT2D eigenvalue weighted by atomic mass is 10.5. The molecule has 61 valence electrons. The number of hydrogen-bond acceptors (Lipinski definition) is 3. The Labute approximate surface area is 66.2 Å². The SMILES string of the molecule is O=S(=O)(O)C1=CC=CNC=C1.[1H]. The summed E-state index contributed by atoms with van der Waals surface area (Å²) in [6.07, 6.45) is 7.03. The molecule has 1 aliphatic heterocycles. The van der Waals surface area contributed by atoms with E-state index in [4.69, 9.17) is 4.55 Å². The van der Waals surface area contributed by atoms with Crippen molar-refractivity contribution in [1.82, 2.24) is 5.32 Å². The molecule has 0 aliphatic carbocycles. The van der Waals surface area contributed by atoms with Crippen LogP contribution in [0.5, 0.6) is 0 Å². The molecule has 0 aromatic carbocycles. The molecule has 4 nitrogen and oxygen atoms in total. The molecule has 1 radical (unpaired) electrons. The van der Waals surface area contributed by atoms with Crippen LogP contribution in [0.1, 0.15) is 1.43 Å². The molecule has 0 aromatic rings. The van der Waals surface area contributed by atoms with Gasteiger partial charge < -0.3 is 5.32 Å². The first kappa shape index (κ1) is 8.03. The van der Waals surface area contributed by atoms with Gasteiger partial charge in [-0.15, -0.1) is 0 Å². The van der Waals surface area contributed by atoms with Gasteiger partial charge in [0.15, 0.2) is 0 Å². The van der Waals surface area contributed by atoms with Gasteiger partial charge in [-0.3, -0.25) is 4.55 Å². The van der Waals surface area contributed by atoms with Gasteiger partial charge in [-0.05, 0) is 18.2 Å². The lowest BCUT2D eigenvalue weighted by molar-refractivity contribution is 0.492. The number of nitrogens with one attached hydrogen (secondary N) is 1. The van der Waals surface area contributed by atoms with Crippen LogP contribution in [-0.2, 0) is 10.1 Å². The van der Waals surface area contributed by atoms with Crippen LogP contribution in [0.25, 0.3) is 0 Å². The first-order valence-corrected chi connectivity index (χ1v) is 4.31. The molecule has 0 unspecified atom stereocenters. The van der Waals surface area contributed by atoms with Crippen molar-refractivity contribution < 1.29 is 14.4 Å². The average Bonchev–Trinajstić information content (AvgIpc) is 2.10. The summed E-state index contributed by atoms with van der Waals surface area (Å²) < 4.78 is 29.6. The Morgan fingerprint density at radius 1 is 1.45 bits per heavy atom. The third-order valence-corrected chi connectivity index (χ3v) is 1.96. The highest BCUT2D eigenvalue weighted by Crippen LogP contribution is 2.06. The van der Waals surface area contributed by atoms with Crippen molar-refractivity contribution in [3.8, 4) is 0 Å². The van der Waals surface area contributed by atoms with Crippen molar-refractivity contribution in [3.63, 3.8) is 0 Å². The lowest BCUT2D eigenvalue weighted by Gasteiger charge is -1.92. The minimum Gasteiger partial charge on any atom is -0.368 e. The summed E-state index contributed by atoms with van der Waals surface area (Å²) in [4.78, 5) is -0.126. The average molecular weight is 174 g/mol. The molecule has 0 bridgehead atoms. The standard InChI is InChI=1S/C6H7NO3S.H/c8-11(9,10)6-2-1-4-7-5-3-6;/h1-5,7H,(H,8,9,10);/i;1+0. The molecule has 0 amide bonds. The van der Waals surface area contributed by atoms with Crippen LogP contribution in [0.15, 0.2) is 35.5 Å². The zero-order chi connectivity index (χ0) is 8.32. The largest absolute Gasteiger partial charge is 0.368 e. The van der Waals surface area contributed by atoms with Gasteiger partial charge in [0.25, 0.3) is 10.1 Å². The van der Waals surface area contributed by atoms with E-state index in [2.05, 4.69) is 5.32 Å². The van der Waals surface area contributed by atoms with Gasteiger partial charge in [-0.2, -0.15) is 8.42 Å². The summed E-state index contributed by atoms with van der Waals surface area (Å²) in [7, 11) is -4.07. The van der Waals surface area contributed by atoms with Crippen LogP contribution in [0.4, 0.5) is 0 Å². The first-order valence-electron chi connectivity index (χ1n) is 2.87. The smallest absolute Gasteiger partial charge is 0.294 e. The van der Waals surface area contributed by atoms with E-state index in [9.17, 15) is 8.42 Å². The fourth-order valence-corrected chi connectivity index (χ4v) is 1.10. The molecule has 0 saturated heterocycles. The summed E-state index contributed by atoms with van der Waals surface area (Å²) in [5, 5.41) is 2.66. The van der Waals surface area contributed by atoms with Crippen molar-refractivity contribution in [2.24, 2.45) is 0 Å². The molecule has 1 heterocycles. The topological polar surface area (TPSA) is 66.4 Å². The van der Waals surface area contributed by atoms with Crippen molar-refractivity contribution in [1.29, 1.82) is 0 Å². The quantitative estimate of drug-likeness (QED) is 0.568. The van der Waals surface area contributed by atoms with E-state index in [1.165, 1.54) is 24.4 Å². The number of rotatable bonds is 1. The highest BCUT2D eigenvalue weighted by molar-refractivity contribution is 7.90. The van der Waals surface area contributed by atoms with Crippen LogP contribution in [-0.4, -0.2) is 13.0 Å². The second kappa shape index (κ2) is 2.89. The predicted molar refractivity (Wildman–Crippen MR) is 42.2 cm³/mol. The third-order valence-electron chi connectivity index (χ3n) is 1.09. The summed E-state index contributed by atoms with van der Waals surface area (Å²) in [5.41, 5.74) is 0. The molecule has 0 atom stereocenters. The maximum Gasteiger partial charge on any atom is 0.294 e. The molecule has 0 saturated carbocycles. The van der Waals surface area contributed by atoms with Crippen LogP contribution >= 0.6 is 0 Å². The Morgan fingerprint density at radius 2 is 2.18 bits per heavy atom. The summed E-state index contributed by atoms with van der Waals surface area (Å²) >= 11 is 0. The molecule has 1 rings (SSSR count). The van der Waals surface area contributed by atoms with Crippen LogP contribution < -0.4 is 5.32 Å². The van der Waals surface area contributed by atoms with Gasteiger partial charge in [0.1, 0.15) is 0 Å². The van der Waals surface area contributed by atoms with Gasteiger partial charge >= 0.3 is 0 Å². The molecule has 0 fully saturated rings. The van der Waals surface area contributed by atoms with Crippen molar-refractivity contribution >= 4 is 10.1 Å². The van der Waals surface area contributed by atoms with Crippen LogP contribution in [0, 0.1) is 0 Å². The van der Waals surface area contributed by atoms with E-state index in [0.29, 0.717) is 0 Å². The molecule has 11 heavy (non-hydrogen) atoms. The fraction of sp³-hybridized carbons (Fsp3) is 0. The molecule has 0 spiro atoms. The fourth-order valence-electron chi connectivity index (χ4n) is 0.612. The zero-order valence-corrected chi connectivity index (χ0v) is 6.38. The van der Waals surface area contributed by atoms with E-state index in [-0.39, 0.29) is 6.33 Å². The van der Waals surface area contributed by atoms with Gasteiger partial charge in [-0.25, -0.2) is 0 Å². The van der Waals surface area contributed by atoms with Gasteiger partial charge in [0.2, 0.25) is 0 Å². The minimum atomic E-state index is -4.07. The highest BCUT2D eigenvalue weighted by Gasteiger charge is 2.09. The summed E-state index contributed by atoms with van der Waals surface area (Å²) in [6, 6.07) is 0. The maximum absolute atomic E-state index is 10.5. The predicted octanol–water partition coefficient (Wildman–Crippen LogP) is 0.501. The Kier molecular flexibility index (Phi) is 2.11. The summed E-state index contributed by atoms with van der Waals surface area (Å²) in [5.74, 6) is 0. The van der Waals surface area contributed by atoms with Crippen LogP contribution in [0.2, 0.25) is 0 Å². The second-order valence-corrected chi connectivity index (χ2v) is 3.32. The summed E-state index contributed by atoms with van der Waals surface area (Å²) in [6.45, 7) is 0. The monoisotopic (exact) mass is 174 g/mol. The number of hydrogen-bond donors (Lipinski definition) is 2. The molecular weight excluding hydrogens is 166 g/mol. The van der Waals surface area contributed by atoms with Crippen molar-refractivity contribution in [3.05, 3.63) is 35.5 Å². The molecule has 1 aliphatic rings. The molecule has 5 heteroatoms. The first-order chi connectivity index (χ1) is 5.11. The Hall–Kier alpha value is -1.07. The second-order valence-electron chi connectivity index (χ2n) is 1.90. The van der Waals surface area contributed by atoms with Gasteiger partial charge in [0.05, 0.1) is 4.91 Å². The molecule has 2 N–H and O–H groups in total. The van der Waals surface area contributed by atoms with E-state index >= 15 is 0 Å². The van der Waals surface area contributed by atoms with E-state index in [1.807, 2.05) is 0 Å². The number of allylic oxidation sites excluding steroid dienone is 3. The van der Waals surface area contributed by atoms with Crippen LogP contribution in [0.3, 0.4) is 0 Å². The Bertz CT molecular complexity index is 329.